The van der Waals surface area contributed by atoms with Gasteiger partial charge in [0, 0.05) is 37.1 Å². The van der Waals surface area contributed by atoms with Crippen molar-refractivity contribution in [3.05, 3.63) is 39.3 Å². The van der Waals surface area contributed by atoms with Crippen molar-refractivity contribution < 1.29 is 9.47 Å². The molecule has 0 spiro atoms. The Labute approximate surface area is 176 Å². The predicted octanol–water partition coefficient (Wildman–Crippen LogP) is 3.60. The topological polar surface area (TPSA) is 59.0 Å². The number of thiazole rings is 1. The summed E-state index contributed by atoms with van der Waals surface area (Å²) in [5, 5.41) is 4.48. The lowest BCUT2D eigenvalue weighted by atomic mass is 10.2. The highest BCUT2D eigenvalue weighted by Crippen LogP contribution is 2.25. The Kier molecular flexibility index (Phi) is 9.14. The molecule has 0 saturated carbocycles. The Morgan fingerprint density at radius 3 is 2.54 bits per heavy atom. The molecule has 144 valence electrons. The summed E-state index contributed by atoms with van der Waals surface area (Å²) < 4.78 is 10.7. The largest absolute Gasteiger partial charge is 0.497 e. The molecular formula is C18H27IN4O2S. The van der Waals surface area contributed by atoms with Crippen molar-refractivity contribution in [3.63, 3.8) is 0 Å². The number of ether oxygens (including phenoxy) is 2. The number of halogens is 1. The minimum Gasteiger partial charge on any atom is -0.497 e. The molecule has 1 heterocycles. The van der Waals surface area contributed by atoms with Gasteiger partial charge in [-0.25, -0.2) is 4.98 Å². The highest BCUT2D eigenvalue weighted by atomic mass is 127. The molecule has 1 aromatic carbocycles. The first kappa shape index (κ1) is 22.5. The number of rotatable bonds is 6. The fourth-order valence-electron chi connectivity index (χ4n) is 2.59. The maximum atomic E-state index is 5.48. The molecule has 0 bridgehead atoms. The van der Waals surface area contributed by atoms with Gasteiger partial charge in [0.1, 0.15) is 11.5 Å². The number of guanidine groups is 1. The van der Waals surface area contributed by atoms with Crippen LogP contribution in [0.5, 0.6) is 11.5 Å². The molecule has 0 aliphatic carbocycles. The molecule has 0 amide bonds. The third kappa shape index (κ3) is 5.73. The Morgan fingerprint density at radius 1 is 1.27 bits per heavy atom. The zero-order valence-electron chi connectivity index (χ0n) is 16.1. The quantitative estimate of drug-likeness (QED) is 0.381. The van der Waals surface area contributed by atoms with E-state index in [4.69, 9.17) is 9.47 Å². The number of hydrogen-bond donors (Lipinski definition) is 1. The standard InChI is InChI=1S/C18H26N4O2S.HI/c1-12-17(25-13(2)21-12)10-20-18(19-3)22(4)11-14-7-8-15(23-5)9-16(14)24-6;/h7-9H,10-11H2,1-6H3,(H,19,20);1H. The lowest BCUT2D eigenvalue weighted by Gasteiger charge is -2.23. The molecule has 0 saturated heterocycles. The molecule has 0 radical (unpaired) electrons. The lowest BCUT2D eigenvalue weighted by Crippen LogP contribution is -2.38. The number of hydrogen-bond acceptors (Lipinski definition) is 5. The molecule has 8 heteroatoms. The van der Waals surface area contributed by atoms with Gasteiger partial charge in [0.2, 0.25) is 0 Å². The highest BCUT2D eigenvalue weighted by molar-refractivity contribution is 14.0. The fraction of sp³-hybridized carbons (Fsp3) is 0.444. The first-order valence-corrected chi connectivity index (χ1v) is 8.85. The van der Waals surface area contributed by atoms with Crippen molar-refractivity contribution in [2.75, 3.05) is 28.3 Å². The zero-order chi connectivity index (χ0) is 18.4. The maximum absolute atomic E-state index is 5.48. The molecule has 0 aliphatic rings. The molecule has 1 aromatic heterocycles. The predicted molar refractivity (Wildman–Crippen MR) is 118 cm³/mol. The number of aromatic nitrogens is 1. The van der Waals surface area contributed by atoms with Gasteiger partial charge in [-0.15, -0.1) is 35.3 Å². The van der Waals surface area contributed by atoms with Crippen LogP contribution in [0.2, 0.25) is 0 Å². The van der Waals surface area contributed by atoms with E-state index in [1.165, 1.54) is 4.88 Å². The zero-order valence-corrected chi connectivity index (χ0v) is 19.3. The maximum Gasteiger partial charge on any atom is 0.193 e. The first-order chi connectivity index (χ1) is 12.0. The minimum absolute atomic E-state index is 0. The monoisotopic (exact) mass is 490 g/mol. The highest BCUT2D eigenvalue weighted by Gasteiger charge is 2.12. The van der Waals surface area contributed by atoms with E-state index in [1.807, 2.05) is 39.1 Å². The summed E-state index contributed by atoms with van der Waals surface area (Å²) in [6.07, 6.45) is 0. The first-order valence-electron chi connectivity index (χ1n) is 8.04. The van der Waals surface area contributed by atoms with Crippen LogP contribution in [-0.4, -0.2) is 44.2 Å². The summed E-state index contributed by atoms with van der Waals surface area (Å²) in [6, 6.07) is 5.84. The molecule has 1 N–H and O–H groups in total. The molecule has 6 nitrogen and oxygen atoms in total. The number of nitrogens with zero attached hydrogens (tertiary/aromatic N) is 3. The summed E-state index contributed by atoms with van der Waals surface area (Å²) in [4.78, 5) is 12.1. The summed E-state index contributed by atoms with van der Waals surface area (Å²) in [7, 11) is 7.11. The number of aryl methyl sites for hydroxylation is 2. The van der Waals surface area contributed by atoms with E-state index in [9.17, 15) is 0 Å². The summed E-state index contributed by atoms with van der Waals surface area (Å²) in [5.74, 6) is 2.40. The SMILES string of the molecule is CN=C(NCc1sc(C)nc1C)N(C)Cc1ccc(OC)cc1OC.I. The van der Waals surface area contributed by atoms with Crippen molar-refractivity contribution >= 4 is 41.3 Å². The van der Waals surface area contributed by atoms with Crippen molar-refractivity contribution in [2.45, 2.75) is 26.9 Å². The number of methoxy groups -OCH3 is 2. The van der Waals surface area contributed by atoms with E-state index < -0.39 is 0 Å². The van der Waals surface area contributed by atoms with Crippen LogP contribution in [0.3, 0.4) is 0 Å². The van der Waals surface area contributed by atoms with Gasteiger partial charge in [-0.1, -0.05) is 0 Å². The summed E-state index contributed by atoms with van der Waals surface area (Å²) >= 11 is 1.71. The van der Waals surface area contributed by atoms with Gasteiger partial charge in [0.25, 0.3) is 0 Å². The van der Waals surface area contributed by atoms with Crippen LogP contribution in [-0.2, 0) is 13.1 Å². The molecule has 0 fully saturated rings. The van der Waals surface area contributed by atoms with Crippen LogP contribution < -0.4 is 14.8 Å². The van der Waals surface area contributed by atoms with E-state index in [2.05, 4.69) is 20.2 Å². The van der Waals surface area contributed by atoms with E-state index in [-0.39, 0.29) is 24.0 Å². The molecular weight excluding hydrogens is 463 g/mol. The second-order valence-electron chi connectivity index (χ2n) is 5.68. The molecule has 2 aromatic rings. The van der Waals surface area contributed by atoms with E-state index in [1.54, 1.807) is 32.6 Å². The van der Waals surface area contributed by atoms with Gasteiger partial charge in [0.05, 0.1) is 31.5 Å². The summed E-state index contributed by atoms with van der Waals surface area (Å²) in [5.41, 5.74) is 2.14. The van der Waals surface area contributed by atoms with Crippen molar-refractivity contribution in [3.8, 4) is 11.5 Å². The number of nitrogens with one attached hydrogen (secondary N) is 1. The van der Waals surface area contributed by atoms with Gasteiger partial charge >= 0.3 is 0 Å². The Balaban J connectivity index is 0.00000338. The molecule has 2 rings (SSSR count). The number of aliphatic imine (C=N–C) groups is 1. The smallest absolute Gasteiger partial charge is 0.193 e. The Bertz CT molecular complexity index is 749. The Hall–Kier alpha value is -1.55. The van der Waals surface area contributed by atoms with Crippen LogP contribution in [0.1, 0.15) is 21.1 Å². The molecule has 0 unspecified atom stereocenters. The van der Waals surface area contributed by atoms with Gasteiger partial charge in [-0.3, -0.25) is 4.99 Å². The lowest BCUT2D eigenvalue weighted by molar-refractivity contribution is 0.382. The van der Waals surface area contributed by atoms with Crippen LogP contribution in [0, 0.1) is 13.8 Å². The molecule has 0 aliphatic heterocycles. The second kappa shape index (κ2) is 10.6. The van der Waals surface area contributed by atoms with Crippen LogP contribution in [0.4, 0.5) is 0 Å². The van der Waals surface area contributed by atoms with Gasteiger partial charge in [-0.05, 0) is 26.0 Å². The van der Waals surface area contributed by atoms with Crippen LogP contribution in [0.15, 0.2) is 23.2 Å². The molecule has 26 heavy (non-hydrogen) atoms. The van der Waals surface area contributed by atoms with E-state index in [0.29, 0.717) is 13.1 Å². The molecule has 0 atom stereocenters. The van der Waals surface area contributed by atoms with E-state index in [0.717, 1.165) is 33.7 Å². The fourth-order valence-corrected chi connectivity index (χ4v) is 3.47. The minimum atomic E-state index is 0. The van der Waals surface area contributed by atoms with Crippen LogP contribution >= 0.6 is 35.3 Å². The summed E-state index contributed by atoms with van der Waals surface area (Å²) in [6.45, 7) is 5.45. The Morgan fingerprint density at radius 2 is 2.00 bits per heavy atom. The number of benzene rings is 1. The van der Waals surface area contributed by atoms with Gasteiger partial charge in [-0.2, -0.15) is 0 Å². The van der Waals surface area contributed by atoms with Crippen LogP contribution in [0.25, 0.3) is 0 Å². The average Bonchev–Trinajstić information content (AvgIpc) is 2.93. The third-order valence-electron chi connectivity index (χ3n) is 3.88. The van der Waals surface area contributed by atoms with Crippen molar-refractivity contribution in [1.82, 2.24) is 15.2 Å². The third-order valence-corrected chi connectivity index (χ3v) is 4.95. The van der Waals surface area contributed by atoms with Crippen molar-refractivity contribution in [1.29, 1.82) is 0 Å². The van der Waals surface area contributed by atoms with Gasteiger partial charge in [0.15, 0.2) is 5.96 Å². The van der Waals surface area contributed by atoms with Crippen molar-refractivity contribution in [2.24, 2.45) is 4.99 Å². The van der Waals surface area contributed by atoms with Gasteiger partial charge < -0.3 is 19.7 Å². The normalized spacial score (nSPS) is 10.9. The second-order valence-corrected chi connectivity index (χ2v) is 6.96. The average molecular weight is 490 g/mol. The van der Waals surface area contributed by atoms with E-state index >= 15 is 0 Å².